The molecule has 2 N–H and O–H groups in total. The van der Waals surface area contributed by atoms with Gasteiger partial charge in [-0.2, -0.15) is 0 Å². The average molecular weight is 231 g/mol. The molecular formula is C11H21NO4. The minimum atomic E-state index is -0.896. The van der Waals surface area contributed by atoms with Crippen LogP contribution in [-0.4, -0.2) is 50.6 Å². The number of carboxylic acid groups (broad SMARTS) is 1. The third kappa shape index (κ3) is 3.17. The summed E-state index contributed by atoms with van der Waals surface area (Å²) in [6, 6.07) is 0. The van der Waals surface area contributed by atoms with E-state index in [1.54, 1.807) is 14.2 Å². The number of hydrogen-bond acceptors (Lipinski definition) is 4. The zero-order valence-electron chi connectivity index (χ0n) is 9.99. The van der Waals surface area contributed by atoms with Gasteiger partial charge >= 0.3 is 5.97 Å². The predicted molar refractivity (Wildman–Crippen MR) is 59.5 cm³/mol. The van der Waals surface area contributed by atoms with Crippen molar-refractivity contribution in [2.45, 2.75) is 24.8 Å². The molecule has 0 aliphatic heterocycles. The molecule has 1 saturated carbocycles. The quantitative estimate of drug-likeness (QED) is 0.565. The lowest BCUT2D eigenvalue weighted by atomic mass is 9.94. The van der Waals surface area contributed by atoms with Crippen molar-refractivity contribution in [3.05, 3.63) is 0 Å². The van der Waals surface area contributed by atoms with Crippen LogP contribution in [0.15, 0.2) is 0 Å². The van der Waals surface area contributed by atoms with E-state index in [-0.39, 0.29) is 12.5 Å². The maximum absolute atomic E-state index is 11.3. The van der Waals surface area contributed by atoms with E-state index < -0.39 is 11.5 Å². The number of rotatable bonds is 9. The summed E-state index contributed by atoms with van der Waals surface area (Å²) >= 11 is 0. The Morgan fingerprint density at radius 3 is 2.62 bits per heavy atom. The Labute approximate surface area is 96.1 Å². The Morgan fingerprint density at radius 1 is 1.50 bits per heavy atom. The van der Waals surface area contributed by atoms with Crippen LogP contribution in [0.3, 0.4) is 0 Å². The predicted octanol–water partition coefficient (Wildman–Crippen LogP) is 0.492. The molecule has 0 spiro atoms. The van der Waals surface area contributed by atoms with Gasteiger partial charge in [-0.1, -0.05) is 0 Å². The van der Waals surface area contributed by atoms with Gasteiger partial charge in [0.25, 0.3) is 0 Å². The molecule has 0 heterocycles. The fourth-order valence-electron chi connectivity index (χ4n) is 1.85. The van der Waals surface area contributed by atoms with Crippen LogP contribution in [-0.2, 0) is 14.3 Å². The fourth-order valence-corrected chi connectivity index (χ4v) is 1.85. The summed E-state index contributed by atoms with van der Waals surface area (Å²) in [6.45, 7) is 1.41. The second-order valence-corrected chi connectivity index (χ2v) is 4.20. The van der Waals surface area contributed by atoms with E-state index in [0.717, 1.165) is 19.3 Å². The van der Waals surface area contributed by atoms with Crippen LogP contribution in [0.5, 0.6) is 0 Å². The highest BCUT2D eigenvalue weighted by molar-refractivity contribution is 5.80. The second-order valence-electron chi connectivity index (χ2n) is 4.20. The van der Waals surface area contributed by atoms with E-state index in [1.165, 1.54) is 0 Å². The summed E-state index contributed by atoms with van der Waals surface area (Å²) in [5, 5.41) is 12.2. The van der Waals surface area contributed by atoms with Crippen molar-refractivity contribution in [2.75, 3.05) is 34.0 Å². The average Bonchev–Trinajstić information content (AvgIpc) is 3.07. The highest BCUT2D eigenvalue weighted by atomic mass is 16.5. The van der Waals surface area contributed by atoms with Gasteiger partial charge < -0.3 is 19.9 Å². The number of likely N-dealkylation sites (N-methyl/N-ethyl adjacent to an activating group) is 1. The first-order chi connectivity index (χ1) is 7.67. The maximum Gasteiger partial charge on any atom is 0.326 e. The highest BCUT2D eigenvalue weighted by Gasteiger charge is 2.50. The molecule has 0 bridgehead atoms. The first kappa shape index (κ1) is 13.4. The van der Waals surface area contributed by atoms with Gasteiger partial charge in [0.05, 0.1) is 6.61 Å². The molecule has 1 aliphatic rings. The molecule has 1 rings (SSSR count). The molecule has 94 valence electrons. The Kier molecular flexibility index (Phi) is 5.18. The van der Waals surface area contributed by atoms with E-state index in [4.69, 9.17) is 9.47 Å². The van der Waals surface area contributed by atoms with Gasteiger partial charge in [0.1, 0.15) is 5.54 Å². The Balaban J connectivity index is 2.35. The van der Waals surface area contributed by atoms with Gasteiger partial charge in [0.15, 0.2) is 0 Å². The Morgan fingerprint density at radius 2 is 2.19 bits per heavy atom. The summed E-state index contributed by atoms with van der Waals surface area (Å²) in [5.74, 6) is -0.610. The van der Waals surface area contributed by atoms with Crippen molar-refractivity contribution in [1.82, 2.24) is 5.32 Å². The zero-order chi connectivity index (χ0) is 12.0. The van der Waals surface area contributed by atoms with Crippen LogP contribution in [0.25, 0.3) is 0 Å². The molecule has 0 aromatic carbocycles. The molecule has 1 fully saturated rings. The molecule has 0 amide bonds. The molecule has 1 unspecified atom stereocenters. The van der Waals surface area contributed by atoms with E-state index in [9.17, 15) is 9.90 Å². The van der Waals surface area contributed by atoms with Crippen LogP contribution in [0, 0.1) is 5.92 Å². The van der Waals surface area contributed by atoms with Gasteiger partial charge in [-0.25, -0.2) is 0 Å². The molecule has 1 aliphatic carbocycles. The highest BCUT2D eigenvalue weighted by Crippen LogP contribution is 2.40. The lowest BCUT2D eigenvalue weighted by Crippen LogP contribution is -2.56. The van der Waals surface area contributed by atoms with E-state index in [2.05, 4.69) is 5.32 Å². The zero-order valence-corrected chi connectivity index (χ0v) is 9.99. The second kappa shape index (κ2) is 6.18. The molecule has 0 saturated heterocycles. The molecule has 0 aromatic heterocycles. The monoisotopic (exact) mass is 231 g/mol. The molecule has 1 atom stereocenters. The summed E-state index contributed by atoms with van der Waals surface area (Å²) < 4.78 is 10.3. The third-order valence-corrected chi connectivity index (χ3v) is 3.07. The van der Waals surface area contributed by atoms with Gasteiger partial charge in [-0.15, -0.1) is 0 Å². The van der Waals surface area contributed by atoms with Crippen molar-refractivity contribution >= 4 is 5.97 Å². The summed E-state index contributed by atoms with van der Waals surface area (Å²) in [6.07, 6.45) is 2.73. The summed E-state index contributed by atoms with van der Waals surface area (Å²) in [5.41, 5.74) is -0.896. The summed E-state index contributed by atoms with van der Waals surface area (Å²) in [7, 11) is 3.32. The topological polar surface area (TPSA) is 67.8 Å². The van der Waals surface area contributed by atoms with Crippen molar-refractivity contribution in [1.29, 1.82) is 0 Å². The number of hydrogen-bond donors (Lipinski definition) is 2. The maximum atomic E-state index is 11.3. The first-order valence-corrected chi connectivity index (χ1v) is 5.66. The number of nitrogens with one attached hydrogen (secondary N) is 1. The van der Waals surface area contributed by atoms with E-state index >= 15 is 0 Å². The third-order valence-electron chi connectivity index (χ3n) is 3.07. The SMILES string of the molecule is CNC(COCCCOC)(C(=O)O)C1CC1. The number of carboxylic acids is 1. The lowest BCUT2D eigenvalue weighted by Gasteiger charge is -2.28. The number of ether oxygens (including phenoxy) is 2. The normalized spacial score (nSPS) is 19.4. The van der Waals surface area contributed by atoms with Gasteiger partial charge in [0, 0.05) is 20.3 Å². The molecule has 0 radical (unpaired) electrons. The lowest BCUT2D eigenvalue weighted by molar-refractivity contribution is -0.149. The van der Waals surface area contributed by atoms with Crippen LogP contribution in [0.4, 0.5) is 0 Å². The van der Waals surface area contributed by atoms with Crippen molar-refractivity contribution < 1.29 is 19.4 Å². The molecule has 5 nitrogen and oxygen atoms in total. The standard InChI is InChI=1S/C11H21NO4/c1-12-11(10(13)14,9-4-5-9)8-16-7-3-6-15-2/h9,12H,3-8H2,1-2H3,(H,13,14). The van der Waals surface area contributed by atoms with Gasteiger partial charge in [-0.3, -0.25) is 4.79 Å². The largest absolute Gasteiger partial charge is 0.480 e. The molecule has 5 heteroatoms. The van der Waals surface area contributed by atoms with Crippen LogP contribution < -0.4 is 5.32 Å². The Bertz CT molecular complexity index is 230. The Hall–Kier alpha value is -0.650. The number of methoxy groups -OCH3 is 1. The number of aliphatic carboxylic acids is 1. The number of carbonyl (C=O) groups is 1. The van der Waals surface area contributed by atoms with Crippen LogP contribution in [0.2, 0.25) is 0 Å². The van der Waals surface area contributed by atoms with Gasteiger partial charge in [0.2, 0.25) is 0 Å². The van der Waals surface area contributed by atoms with Gasteiger partial charge in [-0.05, 0) is 32.2 Å². The first-order valence-electron chi connectivity index (χ1n) is 5.66. The van der Waals surface area contributed by atoms with Crippen LogP contribution >= 0.6 is 0 Å². The minimum Gasteiger partial charge on any atom is -0.480 e. The summed E-state index contributed by atoms with van der Waals surface area (Å²) in [4.78, 5) is 11.3. The van der Waals surface area contributed by atoms with Crippen molar-refractivity contribution in [2.24, 2.45) is 5.92 Å². The minimum absolute atomic E-state index is 0.206. The smallest absolute Gasteiger partial charge is 0.326 e. The van der Waals surface area contributed by atoms with E-state index in [1.807, 2.05) is 0 Å². The van der Waals surface area contributed by atoms with Crippen LogP contribution in [0.1, 0.15) is 19.3 Å². The molecule has 16 heavy (non-hydrogen) atoms. The van der Waals surface area contributed by atoms with Crippen molar-refractivity contribution in [3.8, 4) is 0 Å². The van der Waals surface area contributed by atoms with Crippen molar-refractivity contribution in [3.63, 3.8) is 0 Å². The van der Waals surface area contributed by atoms with E-state index in [0.29, 0.717) is 13.2 Å². The molecular weight excluding hydrogens is 210 g/mol. The molecule has 0 aromatic rings. The fraction of sp³-hybridized carbons (Fsp3) is 0.909.